The third-order valence-electron chi connectivity index (χ3n) is 4.91. The summed E-state index contributed by atoms with van der Waals surface area (Å²) in [6.45, 7) is 1.69. The maximum Gasteiger partial charge on any atom is 0.293 e. The molecule has 26 heavy (non-hydrogen) atoms. The van der Waals surface area contributed by atoms with Crippen LogP contribution in [0.3, 0.4) is 0 Å². The summed E-state index contributed by atoms with van der Waals surface area (Å²) in [6.07, 6.45) is 5.00. The van der Waals surface area contributed by atoms with E-state index in [1.807, 2.05) is 30.3 Å². The summed E-state index contributed by atoms with van der Waals surface area (Å²) in [5.74, 6) is -0.186. The largest absolute Gasteiger partial charge is 0.366 e. The first-order valence-electron chi connectivity index (χ1n) is 8.79. The maximum absolute atomic E-state index is 12.2. The number of hydrogen-bond acceptors (Lipinski definition) is 4. The summed E-state index contributed by atoms with van der Waals surface area (Å²) in [7, 11) is 0. The Hall–Kier alpha value is -3.15. The normalized spacial score (nSPS) is 17.9. The zero-order valence-electron chi connectivity index (χ0n) is 14.3. The number of anilines is 2. The Morgan fingerprint density at radius 1 is 1.08 bits per heavy atom. The van der Waals surface area contributed by atoms with Crippen LogP contribution in [0.2, 0.25) is 0 Å². The molecule has 2 aliphatic heterocycles. The first-order chi connectivity index (χ1) is 12.6. The van der Waals surface area contributed by atoms with Crippen LogP contribution in [0, 0.1) is 10.1 Å². The fourth-order valence-electron chi connectivity index (χ4n) is 3.63. The first kappa shape index (κ1) is 16.3. The van der Waals surface area contributed by atoms with Gasteiger partial charge < -0.3 is 10.2 Å². The fourth-order valence-corrected chi connectivity index (χ4v) is 3.63. The lowest BCUT2D eigenvalue weighted by Gasteiger charge is -2.28. The summed E-state index contributed by atoms with van der Waals surface area (Å²) >= 11 is 0. The fraction of sp³-hybridized carbons (Fsp3) is 0.250. The molecule has 0 bridgehead atoms. The van der Waals surface area contributed by atoms with E-state index in [-0.39, 0.29) is 16.5 Å². The van der Waals surface area contributed by atoms with E-state index in [1.54, 1.807) is 18.2 Å². The summed E-state index contributed by atoms with van der Waals surface area (Å²) in [6, 6.07) is 12.7. The molecule has 6 nitrogen and oxygen atoms in total. The average Bonchev–Trinajstić information content (AvgIpc) is 2.98. The number of carbonyl (C=O) groups excluding carboxylic acids is 1. The number of benzene rings is 2. The molecule has 2 aromatic carbocycles. The van der Waals surface area contributed by atoms with E-state index in [9.17, 15) is 14.9 Å². The first-order valence-corrected chi connectivity index (χ1v) is 8.79. The molecule has 2 heterocycles. The van der Waals surface area contributed by atoms with E-state index in [4.69, 9.17) is 0 Å². The summed E-state index contributed by atoms with van der Waals surface area (Å²) < 4.78 is 0. The molecular formula is C20H19N3O3. The highest BCUT2D eigenvalue weighted by molar-refractivity contribution is 6.34. The van der Waals surface area contributed by atoms with Gasteiger partial charge in [-0.15, -0.1) is 0 Å². The van der Waals surface area contributed by atoms with Crippen molar-refractivity contribution in [2.75, 3.05) is 23.3 Å². The van der Waals surface area contributed by atoms with Crippen LogP contribution in [-0.4, -0.2) is 23.9 Å². The van der Waals surface area contributed by atoms with Crippen LogP contribution in [-0.2, 0) is 4.79 Å². The SMILES string of the molecule is O=C1Nc2ccccc2C1=Cc1ccc(N2CCCCC2)c([N+](=O)[O-])c1. The number of fused-ring (bicyclic) bond motifs is 1. The third-order valence-corrected chi connectivity index (χ3v) is 4.91. The Morgan fingerprint density at radius 2 is 1.85 bits per heavy atom. The van der Waals surface area contributed by atoms with E-state index < -0.39 is 0 Å². The number of hydrogen-bond donors (Lipinski definition) is 1. The van der Waals surface area contributed by atoms with Crippen molar-refractivity contribution >= 4 is 34.6 Å². The third kappa shape index (κ3) is 2.94. The molecule has 1 saturated heterocycles. The molecule has 1 N–H and O–H groups in total. The van der Waals surface area contributed by atoms with Gasteiger partial charge in [0.2, 0.25) is 0 Å². The molecule has 0 unspecified atom stereocenters. The molecule has 1 fully saturated rings. The van der Waals surface area contributed by atoms with E-state index in [0.717, 1.165) is 37.2 Å². The van der Waals surface area contributed by atoms with Crippen molar-refractivity contribution in [3.8, 4) is 0 Å². The second-order valence-electron chi connectivity index (χ2n) is 6.61. The van der Waals surface area contributed by atoms with E-state index in [0.29, 0.717) is 16.8 Å². The Bertz CT molecular complexity index is 914. The minimum Gasteiger partial charge on any atom is -0.366 e. The van der Waals surface area contributed by atoms with Crippen LogP contribution < -0.4 is 10.2 Å². The van der Waals surface area contributed by atoms with E-state index >= 15 is 0 Å². The Kier molecular flexibility index (Phi) is 4.16. The van der Waals surface area contributed by atoms with E-state index in [2.05, 4.69) is 10.2 Å². The molecule has 0 saturated carbocycles. The summed E-state index contributed by atoms with van der Waals surface area (Å²) in [4.78, 5) is 25.6. The molecule has 132 valence electrons. The minimum absolute atomic E-state index is 0.0907. The quantitative estimate of drug-likeness (QED) is 0.515. The summed E-state index contributed by atoms with van der Waals surface area (Å²) in [5, 5.41) is 14.4. The Morgan fingerprint density at radius 3 is 2.62 bits per heavy atom. The van der Waals surface area contributed by atoms with Gasteiger partial charge in [0.05, 0.1) is 4.92 Å². The van der Waals surface area contributed by atoms with Gasteiger partial charge in [0.25, 0.3) is 11.6 Å². The highest BCUT2D eigenvalue weighted by Gasteiger charge is 2.25. The van der Waals surface area contributed by atoms with Gasteiger partial charge >= 0.3 is 0 Å². The lowest BCUT2D eigenvalue weighted by Crippen LogP contribution is -2.29. The van der Waals surface area contributed by atoms with Crippen molar-refractivity contribution in [2.24, 2.45) is 0 Å². The number of nitrogens with zero attached hydrogens (tertiary/aromatic N) is 2. The van der Waals surface area contributed by atoms with Crippen molar-refractivity contribution < 1.29 is 9.72 Å². The van der Waals surface area contributed by atoms with Crippen molar-refractivity contribution in [3.63, 3.8) is 0 Å². The van der Waals surface area contributed by atoms with Crippen molar-refractivity contribution in [1.29, 1.82) is 0 Å². The molecule has 1 amide bonds. The van der Waals surface area contributed by atoms with Gasteiger partial charge in [-0.1, -0.05) is 24.3 Å². The molecule has 0 aromatic heterocycles. The van der Waals surface area contributed by atoms with Crippen LogP contribution in [0.4, 0.5) is 17.1 Å². The number of para-hydroxylation sites is 1. The van der Waals surface area contributed by atoms with Crippen LogP contribution >= 0.6 is 0 Å². The number of nitro benzene ring substituents is 1. The lowest BCUT2D eigenvalue weighted by atomic mass is 10.0. The molecular weight excluding hydrogens is 330 g/mol. The van der Waals surface area contributed by atoms with Gasteiger partial charge in [-0.25, -0.2) is 0 Å². The van der Waals surface area contributed by atoms with Crippen molar-refractivity contribution in [3.05, 3.63) is 63.7 Å². The summed E-state index contributed by atoms with van der Waals surface area (Å²) in [5.41, 5.74) is 3.52. The lowest BCUT2D eigenvalue weighted by molar-refractivity contribution is -0.384. The molecule has 0 spiro atoms. The molecule has 6 heteroatoms. The van der Waals surface area contributed by atoms with Gasteiger partial charge in [0.1, 0.15) is 5.69 Å². The number of rotatable bonds is 3. The molecule has 2 aliphatic rings. The molecule has 0 radical (unpaired) electrons. The monoisotopic (exact) mass is 349 g/mol. The van der Waals surface area contributed by atoms with Gasteiger partial charge in [0, 0.05) is 36.0 Å². The second kappa shape index (κ2) is 6.63. The molecule has 0 atom stereocenters. The van der Waals surface area contributed by atoms with Crippen LogP contribution in [0.15, 0.2) is 42.5 Å². The van der Waals surface area contributed by atoms with Crippen LogP contribution in [0.25, 0.3) is 11.6 Å². The number of nitrogens with one attached hydrogen (secondary N) is 1. The van der Waals surface area contributed by atoms with E-state index in [1.165, 1.54) is 6.42 Å². The average molecular weight is 349 g/mol. The molecule has 2 aromatic rings. The van der Waals surface area contributed by atoms with Gasteiger partial charge in [0.15, 0.2) is 0 Å². The zero-order valence-corrected chi connectivity index (χ0v) is 14.3. The topological polar surface area (TPSA) is 75.5 Å². The zero-order chi connectivity index (χ0) is 18.1. The number of carbonyl (C=O) groups is 1. The minimum atomic E-state index is -0.339. The molecule has 0 aliphatic carbocycles. The highest BCUT2D eigenvalue weighted by Crippen LogP contribution is 2.35. The van der Waals surface area contributed by atoms with Crippen molar-refractivity contribution in [1.82, 2.24) is 0 Å². The van der Waals surface area contributed by atoms with Gasteiger partial charge in [-0.2, -0.15) is 0 Å². The van der Waals surface area contributed by atoms with Crippen LogP contribution in [0.1, 0.15) is 30.4 Å². The second-order valence-corrected chi connectivity index (χ2v) is 6.61. The molecule has 4 rings (SSSR count). The Labute approximate surface area is 151 Å². The smallest absolute Gasteiger partial charge is 0.293 e. The standard InChI is InChI=1S/C20H19N3O3/c24-20-16(15-6-2-3-7-17(15)21-20)12-14-8-9-18(19(13-14)23(25)26)22-10-4-1-5-11-22/h2-3,6-9,12-13H,1,4-5,10-11H2,(H,21,24). The van der Waals surface area contributed by atoms with Crippen molar-refractivity contribution in [2.45, 2.75) is 19.3 Å². The highest BCUT2D eigenvalue weighted by atomic mass is 16.6. The number of amides is 1. The Balaban J connectivity index is 1.73. The van der Waals surface area contributed by atoms with Gasteiger partial charge in [-0.3, -0.25) is 14.9 Å². The van der Waals surface area contributed by atoms with Crippen LogP contribution in [0.5, 0.6) is 0 Å². The maximum atomic E-state index is 12.2. The number of piperidine rings is 1. The predicted octanol–water partition coefficient (Wildman–Crippen LogP) is 4.08. The van der Waals surface area contributed by atoms with Gasteiger partial charge in [-0.05, 0) is 43.0 Å². The predicted molar refractivity (Wildman–Crippen MR) is 102 cm³/mol. The number of nitro groups is 1.